The standard InChI is InChI=1S/C12H13Cl2NO2S/c1-8(9-2-3-11(13)12(14)6-9)15-10-4-5-18(16,17)7-10/h2-6,8,10,15H,7H2,1H3. The highest BCUT2D eigenvalue weighted by atomic mass is 35.5. The van der Waals surface area contributed by atoms with Crippen LogP contribution < -0.4 is 5.32 Å². The highest BCUT2D eigenvalue weighted by molar-refractivity contribution is 7.94. The first-order valence-electron chi connectivity index (χ1n) is 5.49. The Balaban J connectivity index is 2.06. The average Bonchev–Trinajstić information content (AvgIpc) is 2.62. The molecule has 1 aromatic carbocycles. The number of hydrogen-bond acceptors (Lipinski definition) is 3. The van der Waals surface area contributed by atoms with Crippen LogP contribution in [0.1, 0.15) is 18.5 Å². The molecule has 6 heteroatoms. The van der Waals surface area contributed by atoms with Gasteiger partial charge in [0, 0.05) is 17.5 Å². The van der Waals surface area contributed by atoms with E-state index in [9.17, 15) is 8.42 Å². The van der Waals surface area contributed by atoms with Gasteiger partial charge in [0.05, 0.1) is 15.8 Å². The van der Waals surface area contributed by atoms with Crippen molar-refractivity contribution in [3.63, 3.8) is 0 Å². The lowest BCUT2D eigenvalue weighted by molar-refractivity contribution is 0.535. The molecule has 0 saturated carbocycles. The summed E-state index contributed by atoms with van der Waals surface area (Å²) < 4.78 is 22.6. The maximum absolute atomic E-state index is 11.3. The molecule has 2 rings (SSSR count). The minimum absolute atomic E-state index is 0.00252. The number of halogens is 2. The smallest absolute Gasteiger partial charge is 0.173 e. The first-order valence-corrected chi connectivity index (χ1v) is 7.96. The second-order valence-electron chi connectivity index (χ2n) is 4.33. The van der Waals surface area contributed by atoms with Gasteiger partial charge in [0.25, 0.3) is 0 Å². The highest BCUT2D eigenvalue weighted by Gasteiger charge is 2.23. The molecule has 1 heterocycles. The molecule has 0 aromatic heterocycles. The molecule has 18 heavy (non-hydrogen) atoms. The molecular formula is C12H13Cl2NO2S. The summed E-state index contributed by atoms with van der Waals surface area (Å²) in [5.41, 5.74) is 0.974. The highest BCUT2D eigenvalue weighted by Crippen LogP contribution is 2.26. The summed E-state index contributed by atoms with van der Waals surface area (Å²) in [5, 5.41) is 5.49. The topological polar surface area (TPSA) is 46.2 Å². The molecule has 1 aliphatic heterocycles. The van der Waals surface area contributed by atoms with Gasteiger partial charge in [0.15, 0.2) is 9.84 Å². The zero-order valence-electron chi connectivity index (χ0n) is 9.73. The zero-order chi connectivity index (χ0) is 13.3. The molecular weight excluding hydrogens is 293 g/mol. The van der Waals surface area contributed by atoms with Crippen molar-refractivity contribution in [2.24, 2.45) is 0 Å². The van der Waals surface area contributed by atoms with E-state index in [0.29, 0.717) is 10.0 Å². The van der Waals surface area contributed by atoms with Crippen LogP contribution in [0.3, 0.4) is 0 Å². The first kappa shape index (κ1) is 13.9. The van der Waals surface area contributed by atoms with E-state index in [4.69, 9.17) is 23.2 Å². The Labute approximate surface area is 117 Å². The predicted octanol–water partition coefficient (Wildman–Crippen LogP) is 2.95. The van der Waals surface area contributed by atoms with Crippen LogP contribution in [-0.2, 0) is 9.84 Å². The second-order valence-corrected chi connectivity index (χ2v) is 7.07. The monoisotopic (exact) mass is 305 g/mol. The molecule has 3 nitrogen and oxygen atoms in total. The molecule has 0 spiro atoms. The van der Waals surface area contributed by atoms with Crippen LogP contribution in [0.2, 0.25) is 10.0 Å². The Morgan fingerprint density at radius 3 is 2.61 bits per heavy atom. The summed E-state index contributed by atoms with van der Waals surface area (Å²) in [4.78, 5) is 0. The van der Waals surface area contributed by atoms with E-state index < -0.39 is 9.84 Å². The fraction of sp³-hybridized carbons (Fsp3) is 0.333. The van der Waals surface area contributed by atoms with Gasteiger partial charge in [-0.3, -0.25) is 0 Å². The van der Waals surface area contributed by atoms with E-state index in [1.165, 1.54) is 5.41 Å². The molecule has 1 N–H and O–H groups in total. The normalized spacial score (nSPS) is 23.2. The molecule has 98 valence electrons. The summed E-state index contributed by atoms with van der Waals surface area (Å²) >= 11 is 11.8. The van der Waals surface area contributed by atoms with Crippen molar-refractivity contribution < 1.29 is 8.42 Å². The van der Waals surface area contributed by atoms with E-state index in [2.05, 4.69) is 5.32 Å². The Morgan fingerprint density at radius 2 is 2.06 bits per heavy atom. The SMILES string of the molecule is CC(NC1C=CS(=O)(=O)C1)c1ccc(Cl)c(Cl)c1. The van der Waals surface area contributed by atoms with Gasteiger partial charge < -0.3 is 5.32 Å². The third-order valence-electron chi connectivity index (χ3n) is 2.84. The number of hydrogen-bond donors (Lipinski definition) is 1. The molecule has 1 aromatic rings. The number of sulfone groups is 1. The minimum atomic E-state index is -3.03. The fourth-order valence-corrected chi connectivity index (χ4v) is 3.43. The van der Waals surface area contributed by atoms with Crippen molar-refractivity contribution >= 4 is 33.0 Å². The molecule has 0 aliphatic carbocycles. The summed E-state index contributed by atoms with van der Waals surface area (Å²) in [5.74, 6) is 0.110. The van der Waals surface area contributed by atoms with Crippen LogP contribution in [0, 0.1) is 0 Å². The molecule has 1 aliphatic rings. The molecule has 0 fully saturated rings. The van der Waals surface area contributed by atoms with Gasteiger partial charge in [-0.25, -0.2) is 8.42 Å². The molecule has 0 amide bonds. The summed E-state index contributed by atoms with van der Waals surface area (Å²) in [7, 11) is -3.03. The molecule has 2 unspecified atom stereocenters. The van der Waals surface area contributed by atoms with Gasteiger partial charge >= 0.3 is 0 Å². The lowest BCUT2D eigenvalue weighted by Crippen LogP contribution is -2.32. The molecule has 0 saturated heterocycles. The van der Waals surface area contributed by atoms with E-state index >= 15 is 0 Å². The summed E-state index contributed by atoms with van der Waals surface area (Å²) in [6.07, 6.45) is 1.67. The quantitative estimate of drug-likeness (QED) is 0.934. The van der Waals surface area contributed by atoms with E-state index in [0.717, 1.165) is 5.56 Å². The lowest BCUT2D eigenvalue weighted by atomic mass is 10.1. The Bertz CT molecular complexity index is 584. The largest absolute Gasteiger partial charge is 0.303 e. The number of benzene rings is 1. The molecule has 0 radical (unpaired) electrons. The predicted molar refractivity (Wildman–Crippen MR) is 74.7 cm³/mol. The van der Waals surface area contributed by atoms with Crippen LogP contribution in [0.25, 0.3) is 0 Å². The van der Waals surface area contributed by atoms with Crippen molar-refractivity contribution in [1.29, 1.82) is 0 Å². The van der Waals surface area contributed by atoms with Crippen molar-refractivity contribution in [1.82, 2.24) is 5.32 Å². The van der Waals surface area contributed by atoms with Crippen LogP contribution in [0.15, 0.2) is 29.7 Å². The first-order chi connectivity index (χ1) is 8.37. The van der Waals surface area contributed by atoms with Gasteiger partial charge in [-0.05, 0) is 24.6 Å². The van der Waals surface area contributed by atoms with Crippen molar-refractivity contribution in [3.8, 4) is 0 Å². The minimum Gasteiger partial charge on any atom is -0.303 e. The second kappa shape index (κ2) is 5.21. The maximum Gasteiger partial charge on any atom is 0.173 e. The van der Waals surface area contributed by atoms with Crippen molar-refractivity contribution in [2.45, 2.75) is 19.0 Å². The zero-order valence-corrected chi connectivity index (χ0v) is 12.1. The maximum atomic E-state index is 11.3. The van der Waals surface area contributed by atoms with Gasteiger partial charge in [0.1, 0.15) is 0 Å². The third-order valence-corrected chi connectivity index (χ3v) is 4.97. The van der Waals surface area contributed by atoms with Gasteiger partial charge in [-0.1, -0.05) is 35.3 Å². The summed E-state index contributed by atoms with van der Waals surface area (Å²) in [6.45, 7) is 1.96. The number of nitrogens with one attached hydrogen (secondary N) is 1. The molecule has 0 bridgehead atoms. The summed E-state index contributed by atoms with van der Waals surface area (Å²) in [6, 6.07) is 5.24. The lowest BCUT2D eigenvalue weighted by Gasteiger charge is -2.18. The van der Waals surface area contributed by atoms with E-state index in [1.807, 2.05) is 13.0 Å². The van der Waals surface area contributed by atoms with E-state index in [1.54, 1.807) is 18.2 Å². The van der Waals surface area contributed by atoms with Gasteiger partial charge in [-0.2, -0.15) is 0 Å². The Morgan fingerprint density at radius 1 is 1.33 bits per heavy atom. The van der Waals surface area contributed by atoms with Crippen LogP contribution in [0.5, 0.6) is 0 Å². The number of rotatable bonds is 3. The Hall–Kier alpha value is -0.550. The van der Waals surface area contributed by atoms with Gasteiger partial charge in [-0.15, -0.1) is 0 Å². The van der Waals surface area contributed by atoms with Crippen LogP contribution in [-0.4, -0.2) is 20.2 Å². The third kappa shape index (κ3) is 3.26. The average molecular weight is 306 g/mol. The van der Waals surface area contributed by atoms with Crippen LogP contribution >= 0.6 is 23.2 Å². The van der Waals surface area contributed by atoms with Gasteiger partial charge in [0.2, 0.25) is 0 Å². The fourth-order valence-electron chi connectivity index (χ4n) is 1.88. The van der Waals surface area contributed by atoms with Crippen molar-refractivity contribution in [3.05, 3.63) is 45.3 Å². The van der Waals surface area contributed by atoms with E-state index in [-0.39, 0.29) is 17.8 Å². The Kier molecular flexibility index (Phi) is 4.02. The van der Waals surface area contributed by atoms with Crippen LogP contribution in [0.4, 0.5) is 0 Å². The molecule has 2 atom stereocenters. The van der Waals surface area contributed by atoms with Crippen molar-refractivity contribution in [2.75, 3.05) is 5.75 Å².